The maximum atomic E-state index is 13.9. The summed E-state index contributed by atoms with van der Waals surface area (Å²) in [6.07, 6.45) is 0.669. The van der Waals surface area contributed by atoms with Gasteiger partial charge in [-0.25, -0.2) is 4.39 Å². The molecule has 1 aromatic carbocycles. The normalized spacial score (nSPS) is 18.5. The van der Waals surface area contributed by atoms with Crippen LogP contribution in [0.1, 0.15) is 37.9 Å². The Labute approximate surface area is 135 Å². The molecule has 6 heteroatoms. The Morgan fingerprint density at radius 1 is 1.50 bits per heavy atom. The molecule has 1 unspecified atom stereocenters. The van der Waals surface area contributed by atoms with Crippen molar-refractivity contribution in [3.8, 4) is 0 Å². The third kappa shape index (κ3) is 3.74. The van der Waals surface area contributed by atoms with E-state index in [1.54, 1.807) is 6.07 Å². The van der Waals surface area contributed by atoms with E-state index in [0.717, 1.165) is 11.1 Å². The molecule has 0 saturated heterocycles. The molecule has 2 N–H and O–H groups in total. The molecule has 0 saturated carbocycles. The minimum atomic E-state index is -0.318. The van der Waals surface area contributed by atoms with Gasteiger partial charge in [-0.15, -0.1) is 0 Å². The van der Waals surface area contributed by atoms with Gasteiger partial charge >= 0.3 is 5.97 Å². The zero-order chi connectivity index (χ0) is 16.3. The predicted molar refractivity (Wildman–Crippen MR) is 87.0 cm³/mol. The van der Waals surface area contributed by atoms with Gasteiger partial charge in [0.1, 0.15) is 12.4 Å². The first kappa shape index (κ1) is 16.7. The first-order chi connectivity index (χ1) is 10.3. The van der Waals surface area contributed by atoms with Crippen LogP contribution in [0, 0.1) is 11.2 Å². The van der Waals surface area contributed by atoms with E-state index in [1.165, 1.54) is 13.0 Å². The topological polar surface area (TPSA) is 50.4 Å². The summed E-state index contributed by atoms with van der Waals surface area (Å²) >= 11 is 5.28. The Bertz CT molecular complexity index is 590. The summed E-state index contributed by atoms with van der Waals surface area (Å²) in [4.78, 5) is 10.7. The summed E-state index contributed by atoms with van der Waals surface area (Å²) in [5.41, 5.74) is 1.58. The molecule has 1 atom stereocenters. The van der Waals surface area contributed by atoms with E-state index in [0.29, 0.717) is 18.1 Å². The van der Waals surface area contributed by atoms with Crippen LogP contribution in [0.4, 0.5) is 4.39 Å². The van der Waals surface area contributed by atoms with Crippen LogP contribution in [0.25, 0.3) is 0 Å². The van der Waals surface area contributed by atoms with Gasteiger partial charge in [-0.1, -0.05) is 26.0 Å². The van der Waals surface area contributed by atoms with Crippen molar-refractivity contribution < 1.29 is 13.9 Å². The quantitative estimate of drug-likeness (QED) is 0.506. The maximum Gasteiger partial charge on any atom is 0.302 e. The van der Waals surface area contributed by atoms with E-state index in [-0.39, 0.29) is 29.9 Å². The minimum absolute atomic E-state index is 0.0491. The number of hydrogen-bond acceptors (Lipinski definition) is 3. The third-order valence-corrected chi connectivity index (χ3v) is 4.11. The Balaban J connectivity index is 1.99. The Hall–Kier alpha value is -1.69. The molecule has 120 valence electrons. The fourth-order valence-electron chi connectivity index (χ4n) is 2.83. The molecule has 0 aliphatic heterocycles. The summed E-state index contributed by atoms with van der Waals surface area (Å²) in [5, 5.41) is 6.73. The Morgan fingerprint density at radius 2 is 2.23 bits per heavy atom. The van der Waals surface area contributed by atoms with Gasteiger partial charge in [0.05, 0.1) is 12.6 Å². The summed E-state index contributed by atoms with van der Waals surface area (Å²) in [7, 11) is 0. The standard InChI is InChI=1S/C16H21FN2O2S/c1-10(20)21-8-7-18-15(22)19-14-11-5-4-6-13(17)12(11)9-16(14,2)3/h4-6,14H,7-9H2,1-3H3,(H2,18,19,22). The molecular weight excluding hydrogens is 303 g/mol. The fraction of sp³-hybridized carbons (Fsp3) is 0.500. The molecule has 2 rings (SSSR count). The second kappa shape index (κ2) is 6.60. The molecule has 0 aromatic heterocycles. The number of esters is 1. The number of rotatable bonds is 4. The molecular formula is C16H21FN2O2S. The number of thiocarbonyl (C=S) groups is 1. The number of fused-ring (bicyclic) bond motifs is 1. The molecule has 22 heavy (non-hydrogen) atoms. The maximum absolute atomic E-state index is 13.9. The van der Waals surface area contributed by atoms with Crippen molar-refractivity contribution in [2.45, 2.75) is 33.2 Å². The fourth-order valence-corrected chi connectivity index (χ4v) is 3.05. The van der Waals surface area contributed by atoms with Crippen LogP contribution < -0.4 is 10.6 Å². The Morgan fingerprint density at radius 3 is 2.91 bits per heavy atom. The molecule has 4 nitrogen and oxygen atoms in total. The van der Waals surface area contributed by atoms with Crippen molar-refractivity contribution in [1.29, 1.82) is 0 Å². The monoisotopic (exact) mass is 324 g/mol. The van der Waals surface area contributed by atoms with Crippen LogP contribution in [0.2, 0.25) is 0 Å². The van der Waals surface area contributed by atoms with E-state index in [4.69, 9.17) is 17.0 Å². The van der Waals surface area contributed by atoms with E-state index in [1.807, 2.05) is 6.07 Å². The molecule has 0 radical (unpaired) electrons. The Kier molecular flexibility index (Phi) is 5.01. The van der Waals surface area contributed by atoms with Crippen LogP contribution in [0.15, 0.2) is 18.2 Å². The van der Waals surface area contributed by atoms with Crippen molar-refractivity contribution in [1.82, 2.24) is 10.6 Å². The first-order valence-corrected chi connectivity index (χ1v) is 7.67. The minimum Gasteiger partial charge on any atom is -0.464 e. The SMILES string of the molecule is CC(=O)OCCNC(=S)NC1c2cccc(F)c2CC1(C)C. The van der Waals surface area contributed by atoms with Crippen molar-refractivity contribution in [2.24, 2.45) is 5.41 Å². The zero-order valence-electron chi connectivity index (χ0n) is 13.0. The molecule has 1 aliphatic carbocycles. The van der Waals surface area contributed by atoms with E-state index in [2.05, 4.69) is 24.5 Å². The summed E-state index contributed by atoms with van der Waals surface area (Å²) < 4.78 is 18.8. The number of halogens is 1. The average molecular weight is 324 g/mol. The molecule has 1 aromatic rings. The lowest BCUT2D eigenvalue weighted by molar-refractivity contribution is -0.140. The molecule has 0 heterocycles. The average Bonchev–Trinajstić information content (AvgIpc) is 2.68. The van der Waals surface area contributed by atoms with Crippen LogP contribution in [0.3, 0.4) is 0 Å². The summed E-state index contributed by atoms with van der Waals surface area (Å²) in [6, 6.07) is 5.10. The summed E-state index contributed by atoms with van der Waals surface area (Å²) in [6.45, 7) is 6.24. The number of nitrogens with one attached hydrogen (secondary N) is 2. The number of carbonyl (C=O) groups excluding carboxylic acids is 1. The largest absolute Gasteiger partial charge is 0.464 e. The zero-order valence-corrected chi connectivity index (χ0v) is 13.8. The van der Waals surface area contributed by atoms with Gasteiger partial charge in [-0.05, 0) is 41.2 Å². The van der Waals surface area contributed by atoms with E-state index in [9.17, 15) is 9.18 Å². The van der Waals surface area contributed by atoms with E-state index >= 15 is 0 Å². The number of hydrogen-bond donors (Lipinski definition) is 2. The van der Waals surface area contributed by atoms with Crippen LogP contribution >= 0.6 is 12.2 Å². The lowest BCUT2D eigenvalue weighted by Gasteiger charge is -2.29. The second-order valence-electron chi connectivity index (χ2n) is 6.15. The van der Waals surface area contributed by atoms with Crippen molar-refractivity contribution >= 4 is 23.3 Å². The second-order valence-corrected chi connectivity index (χ2v) is 6.55. The highest BCUT2D eigenvalue weighted by Gasteiger charge is 2.40. The van der Waals surface area contributed by atoms with Crippen LogP contribution in [-0.4, -0.2) is 24.2 Å². The highest BCUT2D eigenvalue weighted by Crippen LogP contribution is 2.45. The number of benzene rings is 1. The summed E-state index contributed by atoms with van der Waals surface area (Å²) in [5.74, 6) is -0.481. The third-order valence-electron chi connectivity index (χ3n) is 3.85. The van der Waals surface area contributed by atoms with Gasteiger partial charge in [0, 0.05) is 6.92 Å². The highest BCUT2D eigenvalue weighted by atomic mass is 32.1. The smallest absolute Gasteiger partial charge is 0.302 e. The number of carbonyl (C=O) groups is 1. The van der Waals surface area contributed by atoms with Gasteiger partial charge in [-0.3, -0.25) is 4.79 Å². The molecule has 1 aliphatic rings. The molecule has 0 bridgehead atoms. The first-order valence-electron chi connectivity index (χ1n) is 7.26. The van der Waals surface area contributed by atoms with E-state index < -0.39 is 0 Å². The van der Waals surface area contributed by atoms with Gasteiger partial charge in [0.15, 0.2) is 5.11 Å². The predicted octanol–water partition coefficient (Wildman–Crippen LogP) is 2.48. The van der Waals surface area contributed by atoms with Crippen molar-refractivity contribution in [3.05, 3.63) is 35.1 Å². The number of ether oxygens (including phenoxy) is 1. The molecule has 0 fully saturated rings. The van der Waals surface area contributed by atoms with Crippen LogP contribution in [-0.2, 0) is 16.0 Å². The van der Waals surface area contributed by atoms with Crippen molar-refractivity contribution in [3.63, 3.8) is 0 Å². The van der Waals surface area contributed by atoms with Gasteiger partial charge in [-0.2, -0.15) is 0 Å². The van der Waals surface area contributed by atoms with Gasteiger partial charge in [0.25, 0.3) is 0 Å². The lowest BCUT2D eigenvalue weighted by Crippen LogP contribution is -2.42. The highest BCUT2D eigenvalue weighted by molar-refractivity contribution is 7.80. The van der Waals surface area contributed by atoms with Crippen LogP contribution in [0.5, 0.6) is 0 Å². The van der Waals surface area contributed by atoms with Gasteiger partial charge < -0.3 is 15.4 Å². The molecule has 0 spiro atoms. The molecule has 0 amide bonds. The van der Waals surface area contributed by atoms with Gasteiger partial charge in [0.2, 0.25) is 0 Å². The van der Waals surface area contributed by atoms with Crippen molar-refractivity contribution in [2.75, 3.05) is 13.2 Å². The lowest BCUT2D eigenvalue weighted by atomic mass is 9.85.